The van der Waals surface area contributed by atoms with Crippen LogP contribution in [0.1, 0.15) is 24.2 Å². The molecule has 1 amide bonds. The molecule has 2 aromatic rings. The highest BCUT2D eigenvalue weighted by atomic mass is 32.2. The number of carbonyl (C=O) groups excluding carboxylic acids is 1. The van der Waals surface area contributed by atoms with E-state index in [0.29, 0.717) is 12.2 Å². The summed E-state index contributed by atoms with van der Waals surface area (Å²) in [5.74, 6) is 2.33. The molecule has 26 heavy (non-hydrogen) atoms. The van der Waals surface area contributed by atoms with Crippen LogP contribution in [-0.4, -0.2) is 41.5 Å². The molecule has 1 atom stereocenters. The van der Waals surface area contributed by atoms with Crippen LogP contribution in [0.25, 0.3) is 0 Å². The van der Waals surface area contributed by atoms with Gasteiger partial charge in [-0.05, 0) is 62.4 Å². The normalized spacial score (nSPS) is 18.2. The van der Waals surface area contributed by atoms with Gasteiger partial charge >= 0.3 is 0 Å². The van der Waals surface area contributed by atoms with Crippen LogP contribution in [0, 0.1) is 0 Å². The van der Waals surface area contributed by atoms with Gasteiger partial charge in [-0.1, -0.05) is 11.8 Å². The predicted octanol–water partition coefficient (Wildman–Crippen LogP) is 4.36. The minimum absolute atomic E-state index is 0.0464. The summed E-state index contributed by atoms with van der Waals surface area (Å²) in [6.07, 6.45) is 0. The smallest absolute Gasteiger partial charge is 0.260 e. The molecule has 1 saturated heterocycles. The number of amides is 1. The topological polar surface area (TPSA) is 51.1 Å². The summed E-state index contributed by atoms with van der Waals surface area (Å²) in [6, 6.07) is 14.8. The number of thioether (sulfide) groups is 1. The third-order valence-corrected chi connectivity index (χ3v) is 5.22. The number of amidine groups is 1. The van der Waals surface area contributed by atoms with Gasteiger partial charge in [0.1, 0.15) is 11.5 Å². The summed E-state index contributed by atoms with van der Waals surface area (Å²) in [5.41, 5.74) is 1.43. The summed E-state index contributed by atoms with van der Waals surface area (Å²) < 4.78 is 10.6. The Morgan fingerprint density at radius 3 is 2.42 bits per heavy atom. The molecule has 3 rings (SSSR count). The number of nitrogens with zero attached hydrogens (tertiary/aromatic N) is 2. The second-order valence-corrected chi connectivity index (χ2v) is 6.87. The summed E-state index contributed by atoms with van der Waals surface area (Å²) in [4.78, 5) is 19.4. The molecule has 0 bridgehead atoms. The van der Waals surface area contributed by atoms with E-state index in [-0.39, 0.29) is 11.9 Å². The largest absolute Gasteiger partial charge is 0.497 e. The Bertz CT molecular complexity index is 788. The van der Waals surface area contributed by atoms with E-state index in [9.17, 15) is 4.79 Å². The molecule has 1 heterocycles. The third-order valence-electron chi connectivity index (χ3n) is 4.03. The van der Waals surface area contributed by atoms with Gasteiger partial charge in [-0.2, -0.15) is 0 Å². The minimum atomic E-state index is -0.0464. The Hall–Kier alpha value is -2.47. The van der Waals surface area contributed by atoms with E-state index in [1.807, 2.05) is 38.1 Å². The van der Waals surface area contributed by atoms with Gasteiger partial charge in [0, 0.05) is 17.4 Å². The van der Waals surface area contributed by atoms with Gasteiger partial charge < -0.3 is 9.47 Å². The zero-order valence-corrected chi connectivity index (χ0v) is 16.0. The second-order valence-electron chi connectivity index (χ2n) is 5.88. The standard InChI is InChI=1S/C20H22N2O3S/c1-4-25-18-11-7-16(8-12-18)21-20-22(14(2)13-26-20)19(23)15-5-9-17(24-3)10-6-15/h5-12,14H,4,13H2,1-3H3/t14-/m1/s1. The maximum Gasteiger partial charge on any atom is 0.260 e. The number of hydrogen-bond donors (Lipinski definition) is 0. The van der Waals surface area contributed by atoms with Crippen molar-refractivity contribution in [3.05, 3.63) is 54.1 Å². The fourth-order valence-electron chi connectivity index (χ4n) is 2.67. The van der Waals surface area contributed by atoms with Crippen molar-refractivity contribution in [1.82, 2.24) is 4.90 Å². The van der Waals surface area contributed by atoms with Crippen molar-refractivity contribution in [2.24, 2.45) is 4.99 Å². The second kappa shape index (κ2) is 8.27. The third kappa shape index (κ3) is 4.02. The lowest BCUT2D eigenvalue weighted by molar-refractivity contribution is 0.0828. The molecule has 0 N–H and O–H groups in total. The Kier molecular flexibility index (Phi) is 5.83. The van der Waals surface area contributed by atoms with E-state index < -0.39 is 0 Å². The fourth-order valence-corrected chi connectivity index (χ4v) is 3.78. The average Bonchev–Trinajstić information content (AvgIpc) is 3.03. The van der Waals surface area contributed by atoms with E-state index >= 15 is 0 Å². The van der Waals surface area contributed by atoms with Crippen molar-refractivity contribution in [2.45, 2.75) is 19.9 Å². The maximum absolute atomic E-state index is 13.0. The zero-order chi connectivity index (χ0) is 18.5. The van der Waals surface area contributed by atoms with Gasteiger partial charge in [0.2, 0.25) is 0 Å². The van der Waals surface area contributed by atoms with E-state index in [4.69, 9.17) is 9.47 Å². The van der Waals surface area contributed by atoms with Crippen molar-refractivity contribution in [3.8, 4) is 11.5 Å². The molecule has 136 valence electrons. The summed E-state index contributed by atoms with van der Waals surface area (Å²) >= 11 is 1.60. The first kappa shape index (κ1) is 18.3. The first-order chi connectivity index (χ1) is 12.6. The minimum Gasteiger partial charge on any atom is -0.497 e. The SMILES string of the molecule is CCOc1ccc(N=C2SC[C@@H](C)N2C(=O)c2ccc(OC)cc2)cc1. The van der Waals surface area contributed by atoms with Gasteiger partial charge in [0.25, 0.3) is 5.91 Å². The van der Waals surface area contributed by atoms with Crippen molar-refractivity contribution < 1.29 is 14.3 Å². The first-order valence-electron chi connectivity index (χ1n) is 8.54. The molecule has 0 aromatic heterocycles. The zero-order valence-electron chi connectivity index (χ0n) is 15.1. The molecule has 0 aliphatic carbocycles. The maximum atomic E-state index is 13.0. The fraction of sp³-hybridized carbons (Fsp3) is 0.300. The summed E-state index contributed by atoms with van der Waals surface area (Å²) in [7, 11) is 1.61. The molecular weight excluding hydrogens is 348 g/mol. The Balaban J connectivity index is 1.83. The van der Waals surface area contributed by atoms with Crippen molar-refractivity contribution in [1.29, 1.82) is 0 Å². The Morgan fingerprint density at radius 2 is 1.81 bits per heavy atom. The molecular formula is C20H22N2O3S. The summed E-state index contributed by atoms with van der Waals surface area (Å²) in [6.45, 7) is 4.62. The molecule has 0 spiro atoms. The first-order valence-corrected chi connectivity index (χ1v) is 9.53. The van der Waals surface area contributed by atoms with Gasteiger partial charge in [-0.3, -0.25) is 9.69 Å². The summed E-state index contributed by atoms with van der Waals surface area (Å²) in [5, 5.41) is 0.725. The van der Waals surface area contributed by atoms with Gasteiger partial charge in [0.05, 0.1) is 19.4 Å². The lowest BCUT2D eigenvalue weighted by Crippen LogP contribution is -2.37. The number of methoxy groups -OCH3 is 1. The van der Waals surface area contributed by atoms with Crippen LogP contribution < -0.4 is 9.47 Å². The highest BCUT2D eigenvalue weighted by Crippen LogP contribution is 2.29. The molecule has 1 aliphatic heterocycles. The van der Waals surface area contributed by atoms with Crippen LogP contribution in [0.2, 0.25) is 0 Å². The molecule has 0 radical (unpaired) electrons. The molecule has 5 nitrogen and oxygen atoms in total. The van der Waals surface area contributed by atoms with Gasteiger partial charge in [0.15, 0.2) is 5.17 Å². The van der Waals surface area contributed by atoms with Crippen LogP contribution in [0.15, 0.2) is 53.5 Å². The number of aliphatic imine (C=N–C) groups is 1. The monoisotopic (exact) mass is 370 g/mol. The van der Waals surface area contributed by atoms with Crippen LogP contribution in [-0.2, 0) is 0 Å². The van der Waals surface area contributed by atoms with Crippen LogP contribution in [0.5, 0.6) is 11.5 Å². The van der Waals surface area contributed by atoms with Crippen molar-refractivity contribution >= 4 is 28.5 Å². The van der Waals surface area contributed by atoms with Crippen LogP contribution in [0.4, 0.5) is 5.69 Å². The lowest BCUT2D eigenvalue weighted by Gasteiger charge is -2.21. The average molecular weight is 370 g/mol. The predicted molar refractivity (Wildman–Crippen MR) is 106 cm³/mol. The van der Waals surface area contributed by atoms with E-state index in [2.05, 4.69) is 4.99 Å². The van der Waals surface area contributed by atoms with E-state index in [1.165, 1.54) is 0 Å². The Labute approximate surface area is 158 Å². The lowest BCUT2D eigenvalue weighted by atomic mass is 10.1. The Morgan fingerprint density at radius 1 is 1.15 bits per heavy atom. The van der Waals surface area contributed by atoms with E-state index in [1.54, 1.807) is 48.0 Å². The van der Waals surface area contributed by atoms with E-state index in [0.717, 1.165) is 28.1 Å². The molecule has 0 saturated carbocycles. The van der Waals surface area contributed by atoms with Crippen LogP contribution >= 0.6 is 11.8 Å². The number of hydrogen-bond acceptors (Lipinski definition) is 5. The number of benzene rings is 2. The highest BCUT2D eigenvalue weighted by molar-refractivity contribution is 8.14. The number of ether oxygens (including phenoxy) is 2. The molecule has 0 unspecified atom stereocenters. The highest BCUT2D eigenvalue weighted by Gasteiger charge is 2.32. The number of rotatable bonds is 5. The van der Waals surface area contributed by atoms with Crippen LogP contribution in [0.3, 0.4) is 0 Å². The molecule has 6 heteroatoms. The van der Waals surface area contributed by atoms with Gasteiger partial charge in [-0.15, -0.1) is 0 Å². The number of carbonyl (C=O) groups is 1. The molecule has 2 aromatic carbocycles. The quantitative estimate of drug-likeness (QED) is 0.785. The molecule has 1 aliphatic rings. The molecule has 1 fully saturated rings. The van der Waals surface area contributed by atoms with Crippen molar-refractivity contribution in [2.75, 3.05) is 19.5 Å². The van der Waals surface area contributed by atoms with Gasteiger partial charge in [-0.25, -0.2) is 4.99 Å². The van der Waals surface area contributed by atoms with Crippen molar-refractivity contribution in [3.63, 3.8) is 0 Å².